The van der Waals surface area contributed by atoms with Crippen LogP contribution in [0.2, 0.25) is 10.0 Å². The van der Waals surface area contributed by atoms with Gasteiger partial charge < -0.3 is 10.1 Å². The van der Waals surface area contributed by atoms with Gasteiger partial charge in [0.2, 0.25) is 0 Å². The summed E-state index contributed by atoms with van der Waals surface area (Å²) in [5, 5.41) is 4.64. The molecule has 25 heavy (non-hydrogen) atoms. The van der Waals surface area contributed by atoms with Gasteiger partial charge >= 0.3 is 0 Å². The fraction of sp³-hybridized carbons (Fsp3) is 0.143. The van der Waals surface area contributed by atoms with E-state index in [4.69, 9.17) is 27.9 Å². The third-order valence-electron chi connectivity index (χ3n) is 3.92. The number of hydrogen-bond acceptors (Lipinski definition) is 2. The normalized spacial score (nSPS) is 10.5. The monoisotopic (exact) mass is 371 g/mol. The van der Waals surface area contributed by atoms with E-state index in [1.165, 1.54) is 11.1 Å². The first-order valence-corrected chi connectivity index (χ1v) is 8.82. The minimum Gasteiger partial charge on any atom is -0.489 e. The molecular weight excluding hydrogens is 353 g/mol. The smallest absolute Gasteiger partial charge is 0.119 e. The van der Waals surface area contributed by atoms with Gasteiger partial charge in [0.1, 0.15) is 12.4 Å². The van der Waals surface area contributed by atoms with Gasteiger partial charge in [-0.1, -0.05) is 59.1 Å². The fourth-order valence-electron chi connectivity index (χ4n) is 2.40. The van der Waals surface area contributed by atoms with E-state index in [1.807, 2.05) is 42.5 Å². The van der Waals surface area contributed by atoms with E-state index in [2.05, 4.69) is 36.5 Å². The lowest BCUT2D eigenvalue weighted by Gasteiger charge is -2.11. The molecule has 0 unspecified atom stereocenters. The van der Waals surface area contributed by atoms with Crippen LogP contribution in [0, 0.1) is 6.92 Å². The predicted molar refractivity (Wildman–Crippen MR) is 106 cm³/mol. The minimum absolute atomic E-state index is 0.347. The molecule has 0 aliphatic carbocycles. The molecule has 0 heterocycles. The molecule has 1 N–H and O–H groups in total. The van der Waals surface area contributed by atoms with Crippen molar-refractivity contribution < 1.29 is 4.74 Å². The number of hydrogen-bond donors (Lipinski definition) is 1. The Hall–Kier alpha value is -2.16. The van der Waals surface area contributed by atoms with Gasteiger partial charge in [-0.2, -0.15) is 0 Å². The van der Waals surface area contributed by atoms with Gasteiger partial charge in [0.15, 0.2) is 0 Å². The molecule has 0 spiro atoms. The van der Waals surface area contributed by atoms with Crippen LogP contribution >= 0.6 is 23.2 Å². The number of rotatable bonds is 6. The van der Waals surface area contributed by atoms with Crippen molar-refractivity contribution in [3.63, 3.8) is 0 Å². The quantitative estimate of drug-likeness (QED) is 0.534. The number of anilines is 1. The first-order valence-electron chi connectivity index (χ1n) is 8.07. The van der Waals surface area contributed by atoms with Crippen molar-refractivity contribution >= 4 is 28.9 Å². The summed E-state index contributed by atoms with van der Waals surface area (Å²) in [7, 11) is 0. The summed E-state index contributed by atoms with van der Waals surface area (Å²) in [6.07, 6.45) is 0. The summed E-state index contributed by atoms with van der Waals surface area (Å²) in [5.74, 6) is 0.787. The van der Waals surface area contributed by atoms with Crippen LogP contribution in [0.15, 0.2) is 66.7 Å². The number of nitrogens with one attached hydrogen (secondary N) is 1. The van der Waals surface area contributed by atoms with Crippen LogP contribution in [0.3, 0.4) is 0 Å². The lowest BCUT2D eigenvalue weighted by molar-refractivity contribution is 0.306. The Morgan fingerprint density at radius 3 is 2.12 bits per heavy atom. The number of benzene rings is 3. The Labute approximate surface area is 158 Å². The molecule has 128 valence electrons. The van der Waals surface area contributed by atoms with Crippen molar-refractivity contribution in [2.75, 3.05) is 5.32 Å². The predicted octanol–water partition coefficient (Wildman–Crippen LogP) is 6.49. The Morgan fingerprint density at radius 1 is 0.840 bits per heavy atom. The van der Waals surface area contributed by atoms with Gasteiger partial charge in [-0.15, -0.1) is 0 Å². The summed E-state index contributed by atoms with van der Waals surface area (Å²) >= 11 is 12.3. The lowest BCUT2D eigenvalue weighted by atomic mass is 10.2. The number of aryl methyl sites for hydroxylation is 1. The second-order valence-corrected chi connectivity index (χ2v) is 6.67. The van der Waals surface area contributed by atoms with Gasteiger partial charge in [0.25, 0.3) is 0 Å². The Kier molecular flexibility index (Phi) is 5.85. The number of halogens is 2. The molecule has 0 radical (unpaired) electrons. The van der Waals surface area contributed by atoms with Crippen molar-refractivity contribution in [3.05, 3.63) is 93.5 Å². The third-order valence-corrected chi connectivity index (χ3v) is 4.62. The Bertz CT molecular complexity index is 809. The molecule has 0 saturated carbocycles. The summed E-state index contributed by atoms with van der Waals surface area (Å²) < 4.78 is 5.80. The van der Waals surface area contributed by atoms with Crippen LogP contribution in [-0.4, -0.2) is 0 Å². The maximum absolute atomic E-state index is 6.16. The van der Waals surface area contributed by atoms with E-state index in [0.717, 1.165) is 23.5 Å². The lowest BCUT2D eigenvalue weighted by Crippen LogP contribution is -2.00. The zero-order valence-corrected chi connectivity index (χ0v) is 15.4. The van der Waals surface area contributed by atoms with E-state index >= 15 is 0 Å². The molecule has 0 amide bonds. The Balaban J connectivity index is 1.56. The maximum Gasteiger partial charge on any atom is 0.119 e. The molecule has 3 aromatic carbocycles. The van der Waals surface area contributed by atoms with E-state index in [0.29, 0.717) is 16.7 Å². The standard InChI is InChI=1S/C21H19Cl2NO/c1-15-5-9-17(10-6-15)24-13-16-7-11-18(12-8-16)25-14-19-20(22)3-2-4-21(19)23/h2-12,24H,13-14H2,1H3. The van der Waals surface area contributed by atoms with Crippen molar-refractivity contribution in [1.82, 2.24) is 0 Å². The van der Waals surface area contributed by atoms with Crippen LogP contribution in [0.25, 0.3) is 0 Å². The van der Waals surface area contributed by atoms with Gasteiger partial charge in [0.05, 0.1) is 0 Å². The molecule has 0 saturated heterocycles. The van der Waals surface area contributed by atoms with E-state index in [1.54, 1.807) is 0 Å². The second-order valence-electron chi connectivity index (χ2n) is 5.85. The molecule has 4 heteroatoms. The molecule has 0 bridgehead atoms. The van der Waals surface area contributed by atoms with Gasteiger partial charge in [0, 0.05) is 27.8 Å². The average molecular weight is 372 g/mol. The second kappa shape index (κ2) is 8.28. The maximum atomic E-state index is 6.16. The molecule has 0 aromatic heterocycles. The van der Waals surface area contributed by atoms with Gasteiger partial charge in [-0.05, 0) is 48.9 Å². The van der Waals surface area contributed by atoms with Gasteiger partial charge in [-0.25, -0.2) is 0 Å². The van der Waals surface area contributed by atoms with Crippen LogP contribution < -0.4 is 10.1 Å². The average Bonchev–Trinajstić information content (AvgIpc) is 2.62. The zero-order valence-electron chi connectivity index (χ0n) is 13.9. The highest BCUT2D eigenvalue weighted by Crippen LogP contribution is 2.26. The first-order chi connectivity index (χ1) is 12.1. The summed E-state index contributed by atoms with van der Waals surface area (Å²) in [6, 6.07) is 21.8. The largest absolute Gasteiger partial charge is 0.489 e. The number of ether oxygens (including phenoxy) is 1. The van der Waals surface area contributed by atoms with E-state index in [9.17, 15) is 0 Å². The molecule has 0 aliphatic rings. The highest BCUT2D eigenvalue weighted by molar-refractivity contribution is 6.35. The van der Waals surface area contributed by atoms with Crippen LogP contribution in [0.5, 0.6) is 5.75 Å². The zero-order chi connectivity index (χ0) is 17.6. The van der Waals surface area contributed by atoms with Gasteiger partial charge in [-0.3, -0.25) is 0 Å². The topological polar surface area (TPSA) is 21.3 Å². The van der Waals surface area contributed by atoms with Crippen molar-refractivity contribution in [2.24, 2.45) is 0 Å². The minimum atomic E-state index is 0.347. The van der Waals surface area contributed by atoms with E-state index < -0.39 is 0 Å². The highest BCUT2D eigenvalue weighted by Gasteiger charge is 2.06. The van der Waals surface area contributed by atoms with Crippen LogP contribution in [0.1, 0.15) is 16.7 Å². The first kappa shape index (κ1) is 17.7. The van der Waals surface area contributed by atoms with E-state index in [-0.39, 0.29) is 0 Å². The molecular formula is C21H19Cl2NO. The summed E-state index contributed by atoms with van der Waals surface area (Å²) in [6.45, 7) is 3.19. The highest BCUT2D eigenvalue weighted by atomic mass is 35.5. The van der Waals surface area contributed by atoms with Crippen molar-refractivity contribution in [3.8, 4) is 5.75 Å². The third kappa shape index (κ3) is 4.91. The SMILES string of the molecule is Cc1ccc(NCc2ccc(OCc3c(Cl)cccc3Cl)cc2)cc1. The van der Waals surface area contributed by atoms with Crippen LogP contribution in [0.4, 0.5) is 5.69 Å². The molecule has 3 rings (SSSR count). The molecule has 0 fully saturated rings. The Morgan fingerprint density at radius 2 is 1.48 bits per heavy atom. The van der Waals surface area contributed by atoms with Crippen molar-refractivity contribution in [2.45, 2.75) is 20.1 Å². The molecule has 3 aromatic rings. The van der Waals surface area contributed by atoms with Crippen molar-refractivity contribution in [1.29, 1.82) is 0 Å². The molecule has 0 atom stereocenters. The fourth-order valence-corrected chi connectivity index (χ4v) is 2.91. The molecule has 0 aliphatic heterocycles. The molecule has 2 nitrogen and oxygen atoms in total. The summed E-state index contributed by atoms with van der Waals surface area (Å²) in [5.41, 5.74) is 4.35. The summed E-state index contributed by atoms with van der Waals surface area (Å²) in [4.78, 5) is 0. The van der Waals surface area contributed by atoms with Crippen LogP contribution in [-0.2, 0) is 13.2 Å².